The molecule has 1 amide bonds. The number of phenols is 2. The molecule has 158 valence electrons. The van der Waals surface area contributed by atoms with Gasteiger partial charge in [-0.15, -0.1) is 0 Å². The van der Waals surface area contributed by atoms with Gasteiger partial charge in [-0.3, -0.25) is 14.9 Å². The van der Waals surface area contributed by atoms with Gasteiger partial charge in [0.25, 0.3) is 5.91 Å². The summed E-state index contributed by atoms with van der Waals surface area (Å²) in [5, 5.41) is 33.9. The number of carbonyl (C=O) groups is 1. The van der Waals surface area contributed by atoms with Crippen LogP contribution in [0, 0.1) is 10.1 Å². The Hall–Kier alpha value is -4.60. The highest BCUT2D eigenvalue weighted by Gasteiger charge is 2.19. The standard InChI is InChI=1S/C21H17N3O7/c1-30-19-11-13(10-18(20(19)26)24(28)29)12-22-23-21(27)14-2-6-16(7-3-14)31-17-8-4-15(25)5-9-17/h2-12,25-26H,1H3,(H,23,27)/b22-12+. The van der Waals surface area contributed by atoms with E-state index in [1.807, 2.05) is 0 Å². The summed E-state index contributed by atoms with van der Waals surface area (Å²) in [6.45, 7) is 0. The molecule has 0 aromatic heterocycles. The van der Waals surface area contributed by atoms with E-state index >= 15 is 0 Å². The van der Waals surface area contributed by atoms with Crippen LogP contribution < -0.4 is 14.9 Å². The van der Waals surface area contributed by atoms with Crippen molar-refractivity contribution in [3.8, 4) is 28.7 Å². The molecule has 0 radical (unpaired) electrons. The number of rotatable bonds is 7. The van der Waals surface area contributed by atoms with Crippen molar-refractivity contribution in [2.45, 2.75) is 0 Å². The molecular weight excluding hydrogens is 406 g/mol. The molecule has 10 heteroatoms. The highest BCUT2D eigenvalue weighted by Crippen LogP contribution is 2.36. The lowest BCUT2D eigenvalue weighted by molar-refractivity contribution is -0.386. The number of nitro benzene ring substituents is 1. The number of ether oxygens (including phenoxy) is 2. The predicted molar refractivity (Wildman–Crippen MR) is 111 cm³/mol. The van der Waals surface area contributed by atoms with Gasteiger partial charge in [0.05, 0.1) is 18.2 Å². The molecule has 0 aliphatic rings. The van der Waals surface area contributed by atoms with Crippen molar-refractivity contribution in [2.75, 3.05) is 7.11 Å². The number of hydrogen-bond acceptors (Lipinski definition) is 8. The highest BCUT2D eigenvalue weighted by atomic mass is 16.6. The fraction of sp³-hybridized carbons (Fsp3) is 0.0476. The maximum atomic E-state index is 12.2. The van der Waals surface area contributed by atoms with Gasteiger partial charge in [-0.2, -0.15) is 5.10 Å². The van der Waals surface area contributed by atoms with E-state index in [2.05, 4.69) is 10.5 Å². The number of hydrogen-bond donors (Lipinski definition) is 3. The lowest BCUT2D eigenvalue weighted by Crippen LogP contribution is -2.17. The number of amides is 1. The van der Waals surface area contributed by atoms with Gasteiger partial charge in [0.15, 0.2) is 5.75 Å². The summed E-state index contributed by atoms with van der Waals surface area (Å²) in [5.41, 5.74) is 2.33. The number of hydrazone groups is 1. The van der Waals surface area contributed by atoms with Crippen LogP contribution in [-0.4, -0.2) is 34.4 Å². The van der Waals surface area contributed by atoms with E-state index in [1.54, 1.807) is 24.3 Å². The molecule has 3 N–H and O–H groups in total. The predicted octanol–water partition coefficient (Wildman–Crippen LogP) is 3.57. The first-order valence-electron chi connectivity index (χ1n) is 8.83. The minimum atomic E-state index is -0.754. The van der Waals surface area contributed by atoms with Gasteiger partial charge in [-0.25, -0.2) is 5.43 Å². The monoisotopic (exact) mass is 423 g/mol. The van der Waals surface area contributed by atoms with Crippen molar-refractivity contribution in [1.29, 1.82) is 0 Å². The van der Waals surface area contributed by atoms with Crippen LogP contribution in [0.5, 0.6) is 28.7 Å². The maximum absolute atomic E-state index is 12.2. The number of phenolic OH excluding ortho intramolecular Hbond substituents is 2. The molecule has 0 aliphatic carbocycles. The zero-order chi connectivity index (χ0) is 22.4. The van der Waals surface area contributed by atoms with Crippen molar-refractivity contribution in [2.24, 2.45) is 5.10 Å². The fourth-order valence-corrected chi connectivity index (χ4v) is 2.54. The van der Waals surface area contributed by atoms with Crippen molar-refractivity contribution >= 4 is 17.8 Å². The van der Waals surface area contributed by atoms with E-state index in [0.29, 0.717) is 17.1 Å². The zero-order valence-corrected chi connectivity index (χ0v) is 16.2. The summed E-state index contributed by atoms with van der Waals surface area (Å²) in [4.78, 5) is 22.5. The normalized spacial score (nSPS) is 10.6. The molecule has 0 unspecified atom stereocenters. The SMILES string of the molecule is COc1cc(/C=N/NC(=O)c2ccc(Oc3ccc(O)cc3)cc2)cc([N+](=O)[O-])c1O. The molecule has 0 saturated carbocycles. The Labute approximate surface area is 176 Å². The van der Waals surface area contributed by atoms with Crippen LogP contribution in [0.15, 0.2) is 65.8 Å². The quantitative estimate of drug-likeness (QED) is 0.299. The topological polar surface area (TPSA) is 144 Å². The second-order valence-corrected chi connectivity index (χ2v) is 6.17. The average molecular weight is 423 g/mol. The summed E-state index contributed by atoms with van der Waals surface area (Å²) in [7, 11) is 1.26. The molecule has 0 saturated heterocycles. The molecule has 0 bridgehead atoms. The third-order valence-corrected chi connectivity index (χ3v) is 4.06. The molecule has 0 atom stereocenters. The number of benzene rings is 3. The van der Waals surface area contributed by atoms with Gasteiger partial charge in [0, 0.05) is 17.2 Å². The number of nitrogens with zero attached hydrogens (tertiary/aromatic N) is 2. The van der Waals surface area contributed by atoms with E-state index in [-0.39, 0.29) is 17.1 Å². The number of methoxy groups -OCH3 is 1. The Bertz CT molecular complexity index is 1130. The first-order chi connectivity index (χ1) is 14.9. The van der Waals surface area contributed by atoms with Crippen LogP contribution in [-0.2, 0) is 0 Å². The Balaban J connectivity index is 1.65. The smallest absolute Gasteiger partial charge is 0.315 e. The van der Waals surface area contributed by atoms with E-state index in [9.17, 15) is 25.1 Å². The van der Waals surface area contributed by atoms with Crippen molar-refractivity contribution in [3.63, 3.8) is 0 Å². The third kappa shape index (κ3) is 5.26. The number of carbonyl (C=O) groups excluding carboxylic acids is 1. The van der Waals surface area contributed by atoms with Gasteiger partial charge < -0.3 is 19.7 Å². The molecule has 3 aromatic carbocycles. The summed E-state index contributed by atoms with van der Waals surface area (Å²) in [6, 6.07) is 14.9. The Morgan fingerprint density at radius 2 is 1.68 bits per heavy atom. The van der Waals surface area contributed by atoms with Crippen LogP contribution in [0.2, 0.25) is 0 Å². The van der Waals surface area contributed by atoms with Crippen molar-refractivity contribution < 1.29 is 29.4 Å². The lowest BCUT2D eigenvalue weighted by Gasteiger charge is -2.07. The summed E-state index contributed by atoms with van der Waals surface area (Å²) < 4.78 is 10.5. The zero-order valence-electron chi connectivity index (χ0n) is 16.2. The number of nitro groups is 1. The first-order valence-corrected chi connectivity index (χ1v) is 8.83. The third-order valence-electron chi connectivity index (χ3n) is 4.06. The highest BCUT2D eigenvalue weighted by molar-refractivity contribution is 5.95. The molecule has 0 heterocycles. The molecule has 3 aromatic rings. The van der Waals surface area contributed by atoms with E-state index in [4.69, 9.17) is 9.47 Å². The maximum Gasteiger partial charge on any atom is 0.315 e. The molecule has 3 rings (SSSR count). The Kier molecular flexibility index (Phi) is 6.31. The lowest BCUT2D eigenvalue weighted by atomic mass is 10.2. The van der Waals surface area contributed by atoms with Gasteiger partial charge in [-0.1, -0.05) is 0 Å². The van der Waals surface area contributed by atoms with E-state index < -0.39 is 22.3 Å². The minimum absolute atomic E-state index is 0.0915. The second kappa shape index (κ2) is 9.27. The Morgan fingerprint density at radius 1 is 1.06 bits per heavy atom. The van der Waals surface area contributed by atoms with Crippen LogP contribution in [0.1, 0.15) is 15.9 Å². The van der Waals surface area contributed by atoms with Crippen LogP contribution in [0.4, 0.5) is 5.69 Å². The number of aromatic hydroxyl groups is 2. The van der Waals surface area contributed by atoms with Gasteiger partial charge in [-0.05, 0) is 54.6 Å². The van der Waals surface area contributed by atoms with Crippen LogP contribution in [0.3, 0.4) is 0 Å². The van der Waals surface area contributed by atoms with Crippen LogP contribution in [0.25, 0.3) is 0 Å². The largest absolute Gasteiger partial charge is 0.508 e. The molecule has 0 spiro atoms. The molecule has 31 heavy (non-hydrogen) atoms. The van der Waals surface area contributed by atoms with Gasteiger partial charge >= 0.3 is 5.69 Å². The van der Waals surface area contributed by atoms with Crippen molar-refractivity contribution in [1.82, 2.24) is 5.43 Å². The van der Waals surface area contributed by atoms with E-state index in [0.717, 1.165) is 6.07 Å². The second-order valence-electron chi connectivity index (χ2n) is 6.17. The summed E-state index contributed by atoms with van der Waals surface area (Å²) in [6.07, 6.45) is 1.19. The van der Waals surface area contributed by atoms with Crippen LogP contribution >= 0.6 is 0 Å². The summed E-state index contributed by atoms with van der Waals surface area (Å²) in [5.74, 6) is -0.0466. The number of nitrogens with one attached hydrogen (secondary N) is 1. The Morgan fingerprint density at radius 3 is 2.26 bits per heavy atom. The molecule has 0 fully saturated rings. The fourth-order valence-electron chi connectivity index (χ4n) is 2.54. The first kappa shape index (κ1) is 21.1. The van der Waals surface area contributed by atoms with Crippen molar-refractivity contribution in [3.05, 3.63) is 81.9 Å². The molecule has 0 aliphatic heterocycles. The molecular formula is C21H17N3O7. The van der Waals surface area contributed by atoms with Gasteiger partial charge in [0.1, 0.15) is 17.2 Å². The minimum Gasteiger partial charge on any atom is -0.508 e. The molecule has 10 nitrogen and oxygen atoms in total. The average Bonchev–Trinajstić information content (AvgIpc) is 2.76. The van der Waals surface area contributed by atoms with Gasteiger partial charge in [0.2, 0.25) is 5.75 Å². The van der Waals surface area contributed by atoms with E-state index in [1.165, 1.54) is 43.7 Å². The summed E-state index contributed by atoms with van der Waals surface area (Å²) >= 11 is 0.